The number of aromatic amines is 1. The Morgan fingerprint density at radius 2 is 2.00 bits per heavy atom. The van der Waals surface area contributed by atoms with Crippen LogP contribution in [0, 0.1) is 6.92 Å². The van der Waals surface area contributed by atoms with Crippen molar-refractivity contribution in [3.8, 4) is 0 Å². The fraction of sp³-hybridized carbons (Fsp3) is 0.840. The first kappa shape index (κ1) is 34.6. The van der Waals surface area contributed by atoms with Crippen LogP contribution in [0.4, 0.5) is 0 Å². The SMILES string of the molecule is CCCCCCCCC(C)OC(COP(=O)(O)OCC1OC(n2cc(C)c(=O)[nH]c2=O)CC1N=[N+]=[N-])CSCC. The Balaban J connectivity index is 1.90. The van der Waals surface area contributed by atoms with Gasteiger partial charge in [-0.1, -0.05) is 57.5 Å². The lowest BCUT2D eigenvalue weighted by molar-refractivity contribution is -0.0384. The average molecular weight is 606 g/mol. The maximum Gasteiger partial charge on any atom is 0.472 e. The second-order valence-corrected chi connectivity index (χ2v) is 12.7. The van der Waals surface area contributed by atoms with Crippen molar-refractivity contribution in [2.24, 2.45) is 5.11 Å². The molecule has 13 nitrogen and oxygen atoms in total. The predicted octanol–water partition coefficient (Wildman–Crippen LogP) is 5.22. The number of phosphoric acid groups is 1. The number of H-pyrrole nitrogens is 1. The Morgan fingerprint density at radius 1 is 1.27 bits per heavy atom. The summed E-state index contributed by atoms with van der Waals surface area (Å²) in [6.45, 7) is 7.24. The van der Waals surface area contributed by atoms with Crippen LogP contribution in [0.25, 0.3) is 10.4 Å². The van der Waals surface area contributed by atoms with Crippen LogP contribution in [0.1, 0.15) is 83.9 Å². The van der Waals surface area contributed by atoms with E-state index in [1.54, 1.807) is 18.7 Å². The van der Waals surface area contributed by atoms with Gasteiger partial charge in [-0.2, -0.15) is 11.8 Å². The van der Waals surface area contributed by atoms with Crippen LogP contribution in [-0.4, -0.2) is 63.5 Å². The normalized spacial score (nSPS) is 22.0. The predicted molar refractivity (Wildman–Crippen MR) is 155 cm³/mol. The second-order valence-electron chi connectivity index (χ2n) is 9.96. The fourth-order valence-electron chi connectivity index (χ4n) is 4.39. The van der Waals surface area contributed by atoms with Gasteiger partial charge in [-0.15, -0.1) is 0 Å². The van der Waals surface area contributed by atoms with Crippen molar-refractivity contribution in [3.05, 3.63) is 43.0 Å². The Bertz CT molecular complexity index is 1110. The maximum atomic E-state index is 12.7. The molecular weight excluding hydrogens is 561 g/mol. The van der Waals surface area contributed by atoms with Gasteiger partial charge in [0, 0.05) is 28.8 Å². The second kappa shape index (κ2) is 18.0. The van der Waals surface area contributed by atoms with Crippen LogP contribution in [-0.2, 0) is 23.1 Å². The van der Waals surface area contributed by atoms with E-state index in [9.17, 15) is 19.0 Å². The zero-order valence-electron chi connectivity index (χ0n) is 23.9. The van der Waals surface area contributed by atoms with Crippen LogP contribution >= 0.6 is 19.6 Å². The van der Waals surface area contributed by atoms with Crippen LogP contribution in [0.2, 0.25) is 0 Å². The molecule has 0 aromatic carbocycles. The monoisotopic (exact) mass is 605 g/mol. The van der Waals surface area contributed by atoms with Crippen molar-refractivity contribution in [1.82, 2.24) is 9.55 Å². The number of aryl methyl sites for hydroxylation is 1. The van der Waals surface area contributed by atoms with E-state index in [0.29, 0.717) is 11.3 Å². The standard InChI is InChI=1S/C25H44N5O8PS/c1-5-7-8-9-10-11-12-19(4)37-20(17-40-6-2)15-35-39(33,34)36-16-22-21(28-29-26)13-23(38-22)30-14-18(3)24(31)27-25(30)32/h14,19-23H,5-13,15-17H2,1-4H3,(H,33,34)(H,27,31,32). The number of nitrogens with one attached hydrogen (secondary N) is 1. The summed E-state index contributed by atoms with van der Waals surface area (Å²) in [6.07, 6.45) is 7.39. The number of azide groups is 1. The molecule has 2 rings (SSSR count). The number of hydrogen-bond acceptors (Lipinski definition) is 9. The molecule has 0 amide bonds. The van der Waals surface area contributed by atoms with Crippen molar-refractivity contribution in [3.63, 3.8) is 0 Å². The van der Waals surface area contributed by atoms with Gasteiger partial charge in [0.05, 0.1) is 37.6 Å². The lowest BCUT2D eigenvalue weighted by atomic mass is 10.1. The molecule has 2 N–H and O–H groups in total. The first-order chi connectivity index (χ1) is 19.1. The summed E-state index contributed by atoms with van der Waals surface area (Å²) in [6, 6.07) is -0.769. The van der Waals surface area contributed by atoms with Gasteiger partial charge in [0.1, 0.15) is 6.23 Å². The lowest BCUT2D eigenvalue weighted by Crippen LogP contribution is -2.33. The highest BCUT2D eigenvalue weighted by molar-refractivity contribution is 7.99. The molecule has 6 unspecified atom stereocenters. The van der Waals surface area contributed by atoms with E-state index in [4.69, 9.17) is 24.1 Å². The van der Waals surface area contributed by atoms with E-state index in [1.807, 2.05) is 13.8 Å². The molecule has 6 atom stereocenters. The quantitative estimate of drug-likeness (QED) is 0.0662. The lowest BCUT2D eigenvalue weighted by Gasteiger charge is -2.24. The zero-order valence-corrected chi connectivity index (χ0v) is 25.6. The molecule has 0 radical (unpaired) electrons. The summed E-state index contributed by atoms with van der Waals surface area (Å²) < 4.78 is 36.3. The molecule has 228 valence electrons. The summed E-state index contributed by atoms with van der Waals surface area (Å²) in [4.78, 5) is 39.3. The minimum atomic E-state index is -4.49. The highest BCUT2D eigenvalue weighted by Gasteiger charge is 2.38. The van der Waals surface area contributed by atoms with E-state index >= 15 is 0 Å². The van der Waals surface area contributed by atoms with Crippen LogP contribution in [0.15, 0.2) is 20.9 Å². The van der Waals surface area contributed by atoms with Crippen LogP contribution in [0.5, 0.6) is 0 Å². The van der Waals surface area contributed by atoms with Crippen molar-refractivity contribution < 1.29 is 28.0 Å². The average Bonchev–Trinajstić information content (AvgIpc) is 3.31. The Labute approximate surface area is 239 Å². The number of aromatic nitrogens is 2. The molecule has 0 aliphatic carbocycles. The third kappa shape index (κ3) is 12.1. The summed E-state index contributed by atoms with van der Waals surface area (Å²) in [5.41, 5.74) is 8.06. The third-order valence-corrected chi connectivity index (χ3v) is 8.55. The summed E-state index contributed by atoms with van der Waals surface area (Å²) in [5, 5.41) is 3.69. The fourth-order valence-corrected chi connectivity index (χ4v) is 5.83. The molecule has 1 aromatic heterocycles. The van der Waals surface area contributed by atoms with E-state index < -0.39 is 44.1 Å². The molecule has 1 fully saturated rings. The van der Waals surface area contributed by atoms with Crippen molar-refractivity contribution in [1.29, 1.82) is 0 Å². The molecule has 1 aliphatic rings. The van der Waals surface area contributed by atoms with Gasteiger partial charge in [-0.3, -0.25) is 23.4 Å². The van der Waals surface area contributed by atoms with E-state index in [0.717, 1.165) is 25.0 Å². The number of thioether (sulfide) groups is 1. The van der Waals surface area contributed by atoms with E-state index in [2.05, 4.69) is 21.9 Å². The highest BCUT2D eigenvalue weighted by atomic mass is 32.2. The largest absolute Gasteiger partial charge is 0.472 e. The molecule has 0 saturated carbocycles. The van der Waals surface area contributed by atoms with Crippen molar-refractivity contribution in [2.75, 3.05) is 24.7 Å². The molecule has 1 saturated heterocycles. The number of nitrogens with zero attached hydrogens (tertiary/aromatic N) is 4. The number of phosphoric ester groups is 1. The van der Waals surface area contributed by atoms with Gasteiger partial charge < -0.3 is 14.4 Å². The minimum absolute atomic E-state index is 0.00961. The Morgan fingerprint density at radius 3 is 2.70 bits per heavy atom. The van der Waals surface area contributed by atoms with Gasteiger partial charge in [0.25, 0.3) is 5.56 Å². The molecule has 0 bridgehead atoms. The van der Waals surface area contributed by atoms with Gasteiger partial charge in [0.2, 0.25) is 0 Å². The van der Waals surface area contributed by atoms with Gasteiger partial charge in [-0.05, 0) is 31.6 Å². The topological polar surface area (TPSA) is 178 Å². The van der Waals surface area contributed by atoms with Gasteiger partial charge in [-0.25, -0.2) is 9.36 Å². The van der Waals surface area contributed by atoms with Gasteiger partial charge in [0.15, 0.2) is 0 Å². The number of unbranched alkanes of at least 4 members (excludes halogenated alkanes) is 5. The molecule has 1 aliphatic heterocycles. The first-order valence-electron chi connectivity index (χ1n) is 14.0. The Kier molecular flexibility index (Phi) is 15.6. The first-order valence-corrected chi connectivity index (χ1v) is 16.6. The summed E-state index contributed by atoms with van der Waals surface area (Å²) in [7, 11) is -4.49. The molecule has 2 heterocycles. The molecule has 0 spiro atoms. The molecule has 1 aromatic rings. The van der Waals surface area contributed by atoms with Crippen molar-refractivity contribution >= 4 is 19.6 Å². The third-order valence-electron chi connectivity index (χ3n) is 6.58. The van der Waals surface area contributed by atoms with Gasteiger partial charge >= 0.3 is 13.5 Å². The number of rotatable bonds is 20. The number of hydrogen-bond donors (Lipinski definition) is 2. The Hall–Kier alpha value is -1.63. The van der Waals surface area contributed by atoms with Crippen molar-refractivity contribution in [2.45, 2.75) is 110 Å². The molecule has 40 heavy (non-hydrogen) atoms. The van der Waals surface area contributed by atoms with Crippen LogP contribution in [0.3, 0.4) is 0 Å². The smallest absolute Gasteiger partial charge is 0.372 e. The number of ether oxygens (including phenoxy) is 2. The summed E-state index contributed by atoms with van der Waals surface area (Å²) in [5.74, 6) is 1.48. The summed E-state index contributed by atoms with van der Waals surface area (Å²) >= 11 is 1.65. The van der Waals surface area contributed by atoms with E-state index in [1.165, 1.54) is 36.4 Å². The minimum Gasteiger partial charge on any atom is -0.372 e. The maximum absolute atomic E-state index is 12.7. The molecular formula is C25H44N5O8PS. The highest BCUT2D eigenvalue weighted by Crippen LogP contribution is 2.45. The zero-order chi connectivity index (χ0) is 29.5. The van der Waals surface area contributed by atoms with E-state index in [-0.39, 0.29) is 25.2 Å². The molecule has 15 heteroatoms. The van der Waals surface area contributed by atoms with Crippen LogP contribution < -0.4 is 11.2 Å².